The van der Waals surface area contributed by atoms with Crippen LogP contribution >= 0.6 is 0 Å². The van der Waals surface area contributed by atoms with Crippen molar-refractivity contribution in [3.05, 3.63) is 0 Å². The van der Waals surface area contributed by atoms with Crippen LogP contribution in [0.1, 0.15) is 33.1 Å². The van der Waals surface area contributed by atoms with E-state index in [1.54, 1.807) is 6.92 Å². The zero-order valence-corrected chi connectivity index (χ0v) is 8.47. The molecule has 1 rings (SSSR count). The maximum absolute atomic E-state index is 11.3. The fourth-order valence-corrected chi connectivity index (χ4v) is 1.85. The Morgan fingerprint density at radius 3 is 3.00 bits per heavy atom. The average Bonchev–Trinajstić information content (AvgIpc) is 2.54. The molecule has 1 atom stereocenters. The van der Waals surface area contributed by atoms with Crippen molar-refractivity contribution in [2.45, 2.75) is 33.1 Å². The van der Waals surface area contributed by atoms with Gasteiger partial charge >= 0.3 is 0 Å². The van der Waals surface area contributed by atoms with Crippen LogP contribution in [0.15, 0.2) is 0 Å². The van der Waals surface area contributed by atoms with Crippen LogP contribution in [0.4, 0.5) is 0 Å². The predicted octanol–water partition coefficient (Wildman–Crippen LogP) is 1.66. The molecule has 1 unspecified atom stereocenters. The van der Waals surface area contributed by atoms with Crippen LogP contribution in [-0.4, -0.2) is 23.9 Å². The highest BCUT2D eigenvalue weighted by molar-refractivity contribution is 5.93. The highest BCUT2D eigenvalue weighted by Gasteiger charge is 2.24. The van der Waals surface area contributed by atoms with Crippen molar-refractivity contribution < 1.29 is 4.79 Å². The van der Waals surface area contributed by atoms with Crippen LogP contribution in [0.3, 0.4) is 0 Å². The maximum atomic E-state index is 11.3. The molecule has 1 heterocycles. The van der Waals surface area contributed by atoms with Crippen LogP contribution < -0.4 is 0 Å². The number of rotatable bonds is 2. The van der Waals surface area contributed by atoms with Crippen LogP contribution in [0.25, 0.3) is 0 Å². The van der Waals surface area contributed by atoms with Gasteiger partial charge in [-0.15, -0.1) is 0 Å². The quantitative estimate of drug-likeness (QED) is 0.590. The zero-order chi connectivity index (χ0) is 9.68. The lowest BCUT2D eigenvalue weighted by Gasteiger charge is -2.12. The van der Waals surface area contributed by atoms with Gasteiger partial charge in [-0.3, -0.25) is 4.79 Å². The molecule has 1 amide bonds. The van der Waals surface area contributed by atoms with Crippen LogP contribution in [0.5, 0.6) is 0 Å². The van der Waals surface area contributed by atoms with E-state index in [0.717, 1.165) is 19.5 Å². The standard InChI is InChI=1S/C11H17NO/c1-3-5-10-7-8-12(9-10)11(13)6-4-2/h10H,3,5,7-9H2,1-2H3. The molecule has 1 fully saturated rings. The summed E-state index contributed by atoms with van der Waals surface area (Å²) in [5.41, 5.74) is 0. The molecule has 0 radical (unpaired) electrons. The lowest BCUT2D eigenvalue weighted by molar-refractivity contribution is -0.124. The van der Waals surface area contributed by atoms with E-state index in [0.29, 0.717) is 5.92 Å². The van der Waals surface area contributed by atoms with E-state index in [-0.39, 0.29) is 5.91 Å². The monoisotopic (exact) mass is 179 g/mol. The molecule has 1 aliphatic heterocycles. The third kappa shape index (κ3) is 2.77. The first-order chi connectivity index (χ1) is 6.27. The van der Waals surface area contributed by atoms with E-state index in [4.69, 9.17) is 0 Å². The highest BCUT2D eigenvalue weighted by atomic mass is 16.2. The van der Waals surface area contributed by atoms with Gasteiger partial charge in [0.2, 0.25) is 0 Å². The molecule has 0 N–H and O–H groups in total. The second kappa shape index (κ2) is 4.91. The molecule has 72 valence electrons. The second-order valence-corrected chi connectivity index (χ2v) is 3.57. The van der Waals surface area contributed by atoms with Crippen molar-refractivity contribution in [1.82, 2.24) is 4.90 Å². The van der Waals surface area contributed by atoms with Gasteiger partial charge in [-0.2, -0.15) is 0 Å². The fraction of sp³-hybridized carbons (Fsp3) is 0.727. The smallest absolute Gasteiger partial charge is 0.298 e. The minimum Gasteiger partial charge on any atom is -0.332 e. The van der Waals surface area contributed by atoms with Gasteiger partial charge < -0.3 is 4.90 Å². The molecule has 0 spiro atoms. The van der Waals surface area contributed by atoms with E-state index < -0.39 is 0 Å². The lowest BCUT2D eigenvalue weighted by Crippen LogP contribution is -2.27. The van der Waals surface area contributed by atoms with Crippen molar-refractivity contribution in [3.8, 4) is 11.8 Å². The molecule has 0 aliphatic carbocycles. The Hall–Kier alpha value is -0.970. The zero-order valence-electron chi connectivity index (χ0n) is 8.47. The maximum Gasteiger partial charge on any atom is 0.298 e. The van der Waals surface area contributed by atoms with Crippen LogP contribution in [-0.2, 0) is 4.79 Å². The minimum atomic E-state index is 0.00102. The Morgan fingerprint density at radius 2 is 2.38 bits per heavy atom. The van der Waals surface area contributed by atoms with Crippen molar-refractivity contribution in [1.29, 1.82) is 0 Å². The molecular formula is C11H17NO. The molecular weight excluding hydrogens is 162 g/mol. The van der Waals surface area contributed by atoms with Gasteiger partial charge in [-0.05, 0) is 31.6 Å². The summed E-state index contributed by atoms with van der Waals surface area (Å²) >= 11 is 0. The molecule has 0 aromatic rings. The third-order valence-corrected chi connectivity index (χ3v) is 2.50. The molecule has 2 heteroatoms. The average molecular weight is 179 g/mol. The first kappa shape index (κ1) is 10.1. The number of hydrogen-bond donors (Lipinski definition) is 0. The SMILES string of the molecule is CC#CC(=O)N1CCC(CCC)C1. The van der Waals surface area contributed by atoms with Crippen LogP contribution in [0, 0.1) is 17.8 Å². The van der Waals surface area contributed by atoms with Gasteiger partial charge in [-0.1, -0.05) is 19.3 Å². The predicted molar refractivity (Wildman–Crippen MR) is 53.0 cm³/mol. The van der Waals surface area contributed by atoms with Crippen molar-refractivity contribution in [2.24, 2.45) is 5.92 Å². The van der Waals surface area contributed by atoms with Crippen LogP contribution in [0.2, 0.25) is 0 Å². The number of likely N-dealkylation sites (tertiary alicyclic amines) is 1. The summed E-state index contributed by atoms with van der Waals surface area (Å²) in [7, 11) is 0. The van der Waals surface area contributed by atoms with Crippen molar-refractivity contribution >= 4 is 5.91 Å². The molecule has 0 bridgehead atoms. The Morgan fingerprint density at radius 1 is 1.62 bits per heavy atom. The highest BCUT2D eigenvalue weighted by Crippen LogP contribution is 2.20. The third-order valence-electron chi connectivity index (χ3n) is 2.50. The van der Waals surface area contributed by atoms with Gasteiger partial charge in [0.05, 0.1) is 0 Å². The summed E-state index contributed by atoms with van der Waals surface area (Å²) in [5.74, 6) is 5.95. The summed E-state index contributed by atoms with van der Waals surface area (Å²) in [6.45, 7) is 5.72. The number of amides is 1. The molecule has 2 nitrogen and oxygen atoms in total. The first-order valence-electron chi connectivity index (χ1n) is 4.99. The normalized spacial score (nSPS) is 21.1. The van der Waals surface area contributed by atoms with E-state index >= 15 is 0 Å². The Balaban J connectivity index is 2.39. The number of nitrogens with zero attached hydrogens (tertiary/aromatic N) is 1. The minimum absolute atomic E-state index is 0.00102. The van der Waals surface area contributed by atoms with E-state index in [2.05, 4.69) is 18.8 Å². The summed E-state index contributed by atoms with van der Waals surface area (Å²) in [6.07, 6.45) is 3.61. The molecule has 0 aromatic heterocycles. The molecule has 1 saturated heterocycles. The summed E-state index contributed by atoms with van der Waals surface area (Å²) in [4.78, 5) is 13.2. The molecule has 13 heavy (non-hydrogen) atoms. The topological polar surface area (TPSA) is 20.3 Å². The Kier molecular flexibility index (Phi) is 3.82. The van der Waals surface area contributed by atoms with Crippen molar-refractivity contribution in [2.75, 3.05) is 13.1 Å². The largest absolute Gasteiger partial charge is 0.332 e. The summed E-state index contributed by atoms with van der Waals surface area (Å²) in [5, 5.41) is 0. The van der Waals surface area contributed by atoms with E-state index in [1.807, 2.05) is 4.90 Å². The molecule has 0 aromatic carbocycles. The van der Waals surface area contributed by atoms with E-state index in [1.165, 1.54) is 12.8 Å². The second-order valence-electron chi connectivity index (χ2n) is 3.57. The van der Waals surface area contributed by atoms with Gasteiger partial charge in [0, 0.05) is 13.1 Å². The summed E-state index contributed by atoms with van der Waals surface area (Å²) in [6, 6.07) is 0. The van der Waals surface area contributed by atoms with Gasteiger partial charge in [-0.25, -0.2) is 0 Å². The lowest BCUT2D eigenvalue weighted by atomic mass is 10.0. The van der Waals surface area contributed by atoms with Crippen molar-refractivity contribution in [3.63, 3.8) is 0 Å². The Bertz CT molecular complexity index is 236. The van der Waals surface area contributed by atoms with Gasteiger partial charge in [0.15, 0.2) is 0 Å². The molecule has 0 saturated carbocycles. The number of carbonyl (C=O) groups is 1. The summed E-state index contributed by atoms with van der Waals surface area (Å²) < 4.78 is 0. The fourth-order valence-electron chi connectivity index (χ4n) is 1.85. The Labute approximate surface area is 80.3 Å². The molecule has 1 aliphatic rings. The van der Waals surface area contributed by atoms with E-state index in [9.17, 15) is 4.79 Å². The van der Waals surface area contributed by atoms with Gasteiger partial charge in [0.25, 0.3) is 5.91 Å². The number of hydrogen-bond acceptors (Lipinski definition) is 1. The van der Waals surface area contributed by atoms with Gasteiger partial charge in [0.1, 0.15) is 0 Å². The first-order valence-corrected chi connectivity index (χ1v) is 4.99. The number of carbonyl (C=O) groups excluding carboxylic acids is 1.